The molecule has 0 spiro atoms. The Morgan fingerprint density at radius 3 is 2.93 bits per heavy atom. The SMILES string of the molecule is CCNC(=NCCc1ccc(Cl)nc1)NCCOc1ccc2c(c1)OCO2. The fourth-order valence-corrected chi connectivity index (χ4v) is 2.61. The third kappa shape index (κ3) is 5.92. The van der Waals surface area contributed by atoms with Crippen LogP contribution in [0.3, 0.4) is 0 Å². The first-order valence-electron chi connectivity index (χ1n) is 8.89. The number of aliphatic imine (C=N–C) groups is 1. The standard InChI is InChI=1S/C19H23ClN4O3/c1-2-21-19(22-8-7-14-3-6-18(20)24-12-14)23-9-10-25-15-4-5-16-17(11-15)27-13-26-16/h3-6,11-12H,2,7-10,13H2,1H3,(H2,21,22,23). The fourth-order valence-electron chi connectivity index (χ4n) is 2.50. The Bertz CT molecular complexity index is 768. The van der Waals surface area contributed by atoms with Gasteiger partial charge in [0.1, 0.15) is 17.5 Å². The summed E-state index contributed by atoms with van der Waals surface area (Å²) in [5.74, 6) is 2.97. The van der Waals surface area contributed by atoms with Crippen LogP contribution in [-0.2, 0) is 6.42 Å². The maximum atomic E-state index is 5.80. The highest BCUT2D eigenvalue weighted by Gasteiger charge is 2.13. The van der Waals surface area contributed by atoms with Gasteiger partial charge in [0.15, 0.2) is 17.5 Å². The predicted molar refractivity (Wildman–Crippen MR) is 105 cm³/mol. The van der Waals surface area contributed by atoms with Gasteiger partial charge in [-0.2, -0.15) is 0 Å². The lowest BCUT2D eigenvalue weighted by molar-refractivity contribution is 0.173. The molecule has 1 aromatic heterocycles. The summed E-state index contributed by atoms with van der Waals surface area (Å²) in [5.41, 5.74) is 1.10. The Labute approximate surface area is 163 Å². The number of halogens is 1. The molecule has 0 aliphatic carbocycles. The highest BCUT2D eigenvalue weighted by atomic mass is 35.5. The summed E-state index contributed by atoms with van der Waals surface area (Å²) in [4.78, 5) is 8.64. The summed E-state index contributed by atoms with van der Waals surface area (Å²) in [6.07, 6.45) is 2.58. The predicted octanol–water partition coefficient (Wildman–Crippen LogP) is 2.64. The molecule has 0 bridgehead atoms. The van der Waals surface area contributed by atoms with Crippen molar-refractivity contribution >= 4 is 17.6 Å². The molecule has 7 nitrogen and oxygen atoms in total. The minimum atomic E-state index is 0.259. The minimum Gasteiger partial charge on any atom is -0.492 e. The molecule has 0 saturated carbocycles. The van der Waals surface area contributed by atoms with E-state index >= 15 is 0 Å². The second-order valence-electron chi connectivity index (χ2n) is 5.79. The van der Waals surface area contributed by atoms with Gasteiger partial charge in [-0.05, 0) is 37.1 Å². The molecule has 144 valence electrons. The van der Waals surface area contributed by atoms with Gasteiger partial charge < -0.3 is 24.8 Å². The van der Waals surface area contributed by atoms with Gasteiger partial charge in [0.05, 0.1) is 6.54 Å². The Balaban J connectivity index is 1.41. The lowest BCUT2D eigenvalue weighted by atomic mass is 10.2. The lowest BCUT2D eigenvalue weighted by Crippen LogP contribution is -2.39. The normalized spacial score (nSPS) is 12.7. The van der Waals surface area contributed by atoms with Crippen LogP contribution < -0.4 is 24.8 Å². The molecule has 3 rings (SSSR count). The number of aromatic nitrogens is 1. The summed E-state index contributed by atoms with van der Waals surface area (Å²) >= 11 is 5.80. The van der Waals surface area contributed by atoms with Crippen LogP contribution in [0.1, 0.15) is 12.5 Å². The Kier molecular flexibility index (Phi) is 6.98. The molecule has 0 fully saturated rings. The molecule has 0 unspecified atom stereocenters. The number of guanidine groups is 1. The smallest absolute Gasteiger partial charge is 0.231 e. The van der Waals surface area contributed by atoms with Crippen LogP contribution in [0.5, 0.6) is 17.2 Å². The molecule has 0 radical (unpaired) electrons. The van der Waals surface area contributed by atoms with E-state index in [1.54, 1.807) is 12.3 Å². The summed E-state index contributed by atoms with van der Waals surface area (Å²) in [7, 11) is 0. The van der Waals surface area contributed by atoms with Gasteiger partial charge >= 0.3 is 0 Å². The van der Waals surface area contributed by atoms with Gasteiger partial charge in [-0.15, -0.1) is 0 Å². The van der Waals surface area contributed by atoms with E-state index in [1.807, 2.05) is 31.2 Å². The molecular formula is C19H23ClN4O3. The number of rotatable bonds is 8. The van der Waals surface area contributed by atoms with Crippen molar-refractivity contribution in [3.05, 3.63) is 47.2 Å². The van der Waals surface area contributed by atoms with Gasteiger partial charge in [-0.25, -0.2) is 4.98 Å². The van der Waals surface area contributed by atoms with Crippen molar-refractivity contribution in [2.45, 2.75) is 13.3 Å². The Hall–Kier alpha value is -2.67. The average Bonchev–Trinajstić information content (AvgIpc) is 3.14. The number of ether oxygens (including phenoxy) is 3. The highest BCUT2D eigenvalue weighted by Crippen LogP contribution is 2.34. The van der Waals surface area contributed by atoms with Crippen molar-refractivity contribution in [3.8, 4) is 17.2 Å². The number of fused-ring (bicyclic) bond motifs is 1. The lowest BCUT2D eigenvalue weighted by Gasteiger charge is -2.12. The average molecular weight is 391 g/mol. The number of benzene rings is 1. The summed E-state index contributed by atoms with van der Waals surface area (Å²) in [6, 6.07) is 9.30. The van der Waals surface area contributed by atoms with Crippen molar-refractivity contribution in [1.82, 2.24) is 15.6 Å². The minimum absolute atomic E-state index is 0.259. The van der Waals surface area contributed by atoms with Gasteiger partial charge in [0.2, 0.25) is 6.79 Å². The largest absolute Gasteiger partial charge is 0.492 e. The van der Waals surface area contributed by atoms with Crippen molar-refractivity contribution in [2.24, 2.45) is 4.99 Å². The van der Waals surface area contributed by atoms with E-state index < -0.39 is 0 Å². The zero-order valence-electron chi connectivity index (χ0n) is 15.2. The molecule has 2 aromatic rings. The maximum absolute atomic E-state index is 5.80. The van der Waals surface area contributed by atoms with Crippen LogP contribution in [0.15, 0.2) is 41.5 Å². The van der Waals surface area contributed by atoms with Crippen LogP contribution in [-0.4, -0.2) is 44.0 Å². The fraction of sp³-hybridized carbons (Fsp3) is 0.368. The highest BCUT2D eigenvalue weighted by molar-refractivity contribution is 6.29. The van der Waals surface area contributed by atoms with Gasteiger partial charge in [-0.1, -0.05) is 17.7 Å². The third-order valence-corrected chi connectivity index (χ3v) is 4.03. The number of hydrogen-bond donors (Lipinski definition) is 2. The van der Waals surface area contributed by atoms with E-state index in [9.17, 15) is 0 Å². The van der Waals surface area contributed by atoms with E-state index in [-0.39, 0.29) is 6.79 Å². The van der Waals surface area contributed by atoms with E-state index in [2.05, 4.69) is 20.6 Å². The second kappa shape index (κ2) is 9.87. The van der Waals surface area contributed by atoms with Crippen molar-refractivity contribution in [3.63, 3.8) is 0 Å². The number of hydrogen-bond acceptors (Lipinski definition) is 5. The van der Waals surface area contributed by atoms with Crippen LogP contribution >= 0.6 is 11.6 Å². The molecule has 1 aromatic carbocycles. The topological polar surface area (TPSA) is 77.0 Å². The van der Waals surface area contributed by atoms with E-state index in [4.69, 9.17) is 25.8 Å². The zero-order valence-corrected chi connectivity index (χ0v) is 16.0. The molecule has 0 amide bonds. The first-order chi connectivity index (χ1) is 13.2. The molecular weight excluding hydrogens is 368 g/mol. The summed E-state index contributed by atoms with van der Waals surface area (Å²) in [6.45, 7) is 4.87. The van der Waals surface area contributed by atoms with Gasteiger partial charge in [-0.3, -0.25) is 4.99 Å². The van der Waals surface area contributed by atoms with Gasteiger partial charge in [0.25, 0.3) is 0 Å². The second-order valence-corrected chi connectivity index (χ2v) is 6.18. The van der Waals surface area contributed by atoms with Crippen molar-refractivity contribution in [1.29, 1.82) is 0 Å². The molecule has 2 heterocycles. The molecule has 2 N–H and O–H groups in total. The maximum Gasteiger partial charge on any atom is 0.231 e. The molecule has 1 aliphatic heterocycles. The van der Waals surface area contributed by atoms with Crippen LogP contribution in [0.2, 0.25) is 5.15 Å². The Morgan fingerprint density at radius 1 is 1.22 bits per heavy atom. The van der Waals surface area contributed by atoms with Crippen LogP contribution in [0.25, 0.3) is 0 Å². The summed E-state index contributed by atoms with van der Waals surface area (Å²) < 4.78 is 16.4. The Morgan fingerprint density at radius 2 is 2.11 bits per heavy atom. The van der Waals surface area contributed by atoms with E-state index in [1.165, 1.54) is 0 Å². The van der Waals surface area contributed by atoms with Crippen molar-refractivity contribution in [2.75, 3.05) is 33.0 Å². The summed E-state index contributed by atoms with van der Waals surface area (Å²) in [5, 5.41) is 6.98. The zero-order chi connectivity index (χ0) is 18.9. The number of nitrogens with zero attached hydrogens (tertiary/aromatic N) is 2. The van der Waals surface area contributed by atoms with Crippen LogP contribution in [0, 0.1) is 0 Å². The number of pyridine rings is 1. The number of nitrogens with one attached hydrogen (secondary N) is 2. The molecule has 8 heteroatoms. The van der Waals surface area contributed by atoms with E-state index in [0.717, 1.165) is 36.0 Å². The monoisotopic (exact) mass is 390 g/mol. The van der Waals surface area contributed by atoms with Crippen molar-refractivity contribution < 1.29 is 14.2 Å². The first kappa shape index (κ1) is 19.1. The molecule has 0 saturated heterocycles. The van der Waals surface area contributed by atoms with Gasteiger partial charge in [0, 0.05) is 25.4 Å². The van der Waals surface area contributed by atoms with Crippen LogP contribution in [0.4, 0.5) is 0 Å². The van der Waals surface area contributed by atoms with E-state index in [0.29, 0.717) is 30.6 Å². The molecule has 1 aliphatic rings. The third-order valence-electron chi connectivity index (χ3n) is 3.81. The quantitative estimate of drug-likeness (QED) is 0.312. The first-order valence-corrected chi connectivity index (χ1v) is 9.27. The molecule has 0 atom stereocenters. The molecule has 27 heavy (non-hydrogen) atoms.